The molecule has 34 heavy (non-hydrogen) atoms. The molecule has 0 aromatic rings. The lowest BCUT2D eigenvalue weighted by molar-refractivity contribution is -0.142. The highest BCUT2D eigenvalue weighted by Crippen LogP contribution is 2.60. The summed E-state index contributed by atoms with van der Waals surface area (Å²) in [5.41, 5.74) is -0.964. The summed E-state index contributed by atoms with van der Waals surface area (Å²) in [5.74, 6) is -1.60. The minimum Gasteiger partial charge on any atom is -0.396 e. The molecule has 3 saturated heterocycles. The minimum absolute atomic E-state index is 0.0663. The standard InChI is InChI=1S/C25H40BrN3O5/c1-2-12-27-22(31)18-19-24(33)29(13-8-3-4-9-14-30)21(25(19)15-17(26)20(18)34-25)23(32)28-16-10-6-5-7-11-16/h16-21,30H,2-15H2,1H3,(H,27,31)(H,28,32)/t17?,18-,19+,20-,21?,25?/m1/s1. The number of carbonyl (C=O) groups excluding carboxylic acids is 3. The van der Waals surface area contributed by atoms with Crippen LogP contribution in [0, 0.1) is 11.8 Å². The van der Waals surface area contributed by atoms with Crippen molar-refractivity contribution in [2.45, 2.75) is 106 Å². The molecule has 9 heteroatoms. The number of aliphatic hydroxyl groups is 1. The van der Waals surface area contributed by atoms with Gasteiger partial charge in [0, 0.05) is 30.6 Å². The Morgan fingerprint density at radius 1 is 1.15 bits per heavy atom. The van der Waals surface area contributed by atoms with Gasteiger partial charge in [0.15, 0.2) is 0 Å². The van der Waals surface area contributed by atoms with E-state index in [4.69, 9.17) is 9.84 Å². The largest absolute Gasteiger partial charge is 0.396 e. The first-order valence-corrected chi connectivity index (χ1v) is 14.2. The van der Waals surface area contributed by atoms with Crippen LogP contribution < -0.4 is 10.6 Å². The summed E-state index contributed by atoms with van der Waals surface area (Å²) < 4.78 is 6.51. The number of hydrogen-bond donors (Lipinski definition) is 3. The summed E-state index contributed by atoms with van der Waals surface area (Å²) in [6.45, 7) is 3.19. The number of likely N-dealkylation sites (tertiary alicyclic amines) is 1. The molecular weight excluding hydrogens is 502 g/mol. The molecule has 4 aliphatic rings. The Kier molecular flexibility index (Phi) is 8.57. The summed E-state index contributed by atoms with van der Waals surface area (Å²) in [7, 11) is 0. The normalized spacial score (nSPS) is 35.0. The van der Waals surface area contributed by atoms with Gasteiger partial charge in [-0.15, -0.1) is 0 Å². The van der Waals surface area contributed by atoms with Crippen LogP contribution in [0.15, 0.2) is 0 Å². The van der Waals surface area contributed by atoms with Gasteiger partial charge in [0.1, 0.15) is 11.6 Å². The fraction of sp³-hybridized carbons (Fsp3) is 0.880. The number of hydrogen-bond acceptors (Lipinski definition) is 5. The molecule has 3 amide bonds. The van der Waals surface area contributed by atoms with Crippen molar-refractivity contribution in [2.75, 3.05) is 19.7 Å². The van der Waals surface area contributed by atoms with Crippen molar-refractivity contribution < 1.29 is 24.2 Å². The second-order valence-electron chi connectivity index (χ2n) is 10.5. The molecule has 6 atom stereocenters. The zero-order valence-corrected chi connectivity index (χ0v) is 21.9. The summed E-state index contributed by atoms with van der Waals surface area (Å²) in [6, 6.07) is -0.570. The number of carbonyl (C=O) groups is 3. The molecule has 1 aliphatic carbocycles. The van der Waals surface area contributed by atoms with Gasteiger partial charge in [0.25, 0.3) is 0 Å². The predicted molar refractivity (Wildman–Crippen MR) is 131 cm³/mol. The van der Waals surface area contributed by atoms with E-state index in [9.17, 15) is 14.4 Å². The van der Waals surface area contributed by atoms with E-state index in [-0.39, 0.29) is 35.2 Å². The number of nitrogens with zero attached hydrogens (tertiary/aromatic N) is 1. The van der Waals surface area contributed by atoms with Gasteiger partial charge < -0.3 is 25.4 Å². The predicted octanol–water partition coefficient (Wildman–Crippen LogP) is 2.26. The first-order chi connectivity index (χ1) is 16.4. The maximum atomic E-state index is 13.8. The maximum Gasteiger partial charge on any atom is 0.246 e. The fourth-order valence-corrected chi connectivity index (χ4v) is 7.55. The van der Waals surface area contributed by atoms with E-state index in [1.165, 1.54) is 6.42 Å². The highest BCUT2D eigenvalue weighted by molar-refractivity contribution is 9.09. The minimum atomic E-state index is -0.964. The van der Waals surface area contributed by atoms with Gasteiger partial charge in [-0.3, -0.25) is 14.4 Å². The molecule has 4 fully saturated rings. The number of ether oxygens (including phenoxy) is 1. The van der Waals surface area contributed by atoms with Gasteiger partial charge in [0.2, 0.25) is 17.7 Å². The summed E-state index contributed by atoms with van der Waals surface area (Å²) in [4.78, 5) is 42.4. The van der Waals surface area contributed by atoms with Crippen molar-refractivity contribution in [3.63, 3.8) is 0 Å². The van der Waals surface area contributed by atoms with E-state index >= 15 is 0 Å². The molecule has 192 valence electrons. The molecule has 0 radical (unpaired) electrons. The third kappa shape index (κ3) is 4.76. The van der Waals surface area contributed by atoms with E-state index in [0.717, 1.165) is 57.8 Å². The van der Waals surface area contributed by atoms with Crippen LogP contribution in [0.3, 0.4) is 0 Å². The van der Waals surface area contributed by atoms with Crippen molar-refractivity contribution in [1.29, 1.82) is 0 Å². The Bertz CT molecular complexity index is 761. The molecule has 0 aromatic carbocycles. The van der Waals surface area contributed by atoms with Gasteiger partial charge in [-0.2, -0.15) is 0 Å². The van der Waals surface area contributed by atoms with E-state index in [2.05, 4.69) is 26.6 Å². The summed E-state index contributed by atoms with van der Waals surface area (Å²) >= 11 is 3.71. The Hall–Kier alpha value is -1.19. The fourth-order valence-electron chi connectivity index (χ4n) is 6.61. The molecule has 2 bridgehead atoms. The summed E-state index contributed by atoms with van der Waals surface area (Å²) in [5, 5.41) is 15.3. The van der Waals surface area contributed by atoms with Crippen molar-refractivity contribution >= 4 is 33.7 Å². The van der Waals surface area contributed by atoms with Gasteiger partial charge in [-0.05, 0) is 38.5 Å². The van der Waals surface area contributed by atoms with Gasteiger partial charge in [-0.25, -0.2) is 0 Å². The molecule has 1 saturated carbocycles. The second kappa shape index (κ2) is 11.2. The molecule has 0 aromatic heterocycles. The second-order valence-corrected chi connectivity index (χ2v) is 11.6. The lowest BCUT2D eigenvalue weighted by Gasteiger charge is -2.35. The van der Waals surface area contributed by atoms with Crippen LogP contribution in [-0.4, -0.2) is 76.0 Å². The maximum absolute atomic E-state index is 13.8. The van der Waals surface area contributed by atoms with Gasteiger partial charge in [-0.1, -0.05) is 55.0 Å². The highest BCUT2D eigenvalue weighted by atomic mass is 79.9. The SMILES string of the molecule is CCCNC(=O)[C@H]1[C@@H]2OC3(CC2Br)C(C(=O)NC2CCCCC2)N(CCCCCCO)C(=O)[C@H]13. The van der Waals surface area contributed by atoms with E-state index in [1.807, 2.05) is 6.92 Å². The first-order valence-electron chi connectivity index (χ1n) is 13.3. The zero-order chi connectivity index (χ0) is 24.3. The Balaban J connectivity index is 1.58. The molecule has 8 nitrogen and oxygen atoms in total. The average Bonchev–Trinajstić information content (AvgIpc) is 3.41. The number of aliphatic hydroxyl groups excluding tert-OH is 1. The number of alkyl halides is 1. The van der Waals surface area contributed by atoms with Crippen LogP contribution in [0.1, 0.15) is 77.6 Å². The smallest absolute Gasteiger partial charge is 0.246 e. The average molecular weight is 543 g/mol. The topological polar surface area (TPSA) is 108 Å². The number of halogens is 1. The lowest BCUT2D eigenvalue weighted by Crippen LogP contribution is -2.57. The number of nitrogens with one attached hydrogen (secondary N) is 2. The van der Waals surface area contributed by atoms with Crippen molar-refractivity contribution in [3.8, 4) is 0 Å². The Morgan fingerprint density at radius 2 is 1.88 bits per heavy atom. The molecular formula is C25H40BrN3O5. The van der Waals surface area contributed by atoms with Crippen molar-refractivity contribution in [3.05, 3.63) is 0 Å². The van der Waals surface area contributed by atoms with Crippen molar-refractivity contribution in [1.82, 2.24) is 15.5 Å². The Labute approximate surface area is 211 Å². The number of fused-ring (bicyclic) bond motifs is 1. The van der Waals surface area contributed by atoms with E-state index in [0.29, 0.717) is 19.5 Å². The first kappa shape index (κ1) is 25.9. The molecule has 3 aliphatic heterocycles. The zero-order valence-electron chi connectivity index (χ0n) is 20.3. The highest BCUT2D eigenvalue weighted by Gasteiger charge is 2.76. The van der Waals surface area contributed by atoms with Crippen LogP contribution in [-0.2, 0) is 19.1 Å². The van der Waals surface area contributed by atoms with Crippen LogP contribution in [0.4, 0.5) is 0 Å². The summed E-state index contributed by atoms with van der Waals surface area (Å²) in [6.07, 6.45) is 9.59. The van der Waals surface area contributed by atoms with Gasteiger partial charge in [0.05, 0.1) is 17.9 Å². The monoisotopic (exact) mass is 541 g/mol. The third-order valence-corrected chi connectivity index (χ3v) is 8.99. The van der Waals surface area contributed by atoms with Gasteiger partial charge >= 0.3 is 0 Å². The van der Waals surface area contributed by atoms with Crippen LogP contribution in [0.2, 0.25) is 0 Å². The van der Waals surface area contributed by atoms with Crippen LogP contribution >= 0.6 is 15.9 Å². The number of rotatable bonds is 11. The van der Waals surface area contributed by atoms with E-state index in [1.54, 1.807) is 4.90 Å². The Morgan fingerprint density at radius 3 is 2.59 bits per heavy atom. The molecule has 3 unspecified atom stereocenters. The third-order valence-electron chi connectivity index (χ3n) is 8.15. The number of amides is 3. The molecule has 3 heterocycles. The molecule has 3 N–H and O–H groups in total. The van der Waals surface area contributed by atoms with Crippen LogP contribution in [0.5, 0.6) is 0 Å². The molecule has 4 rings (SSSR count). The quantitative estimate of drug-likeness (QED) is 0.274. The van der Waals surface area contributed by atoms with Crippen molar-refractivity contribution in [2.24, 2.45) is 11.8 Å². The lowest BCUT2D eigenvalue weighted by atomic mass is 9.70. The number of unbranched alkanes of at least 4 members (excludes halogenated alkanes) is 3. The molecule has 1 spiro atoms. The van der Waals surface area contributed by atoms with Crippen LogP contribution in [0.25, 0.3) is 0 Å². The van der Waals surface area contributed by atoms with E-state index < -0.39 is 29.6 Å².